The molecule has 2 aliphatic heterocycles. The van der Waals surface area contributed by atoms with Crippen LogP contribution in [0.5, 0.6) is 0 Å². The number of hydrogen-bond acceptors (Lipinski definition) is 4. The molecule has 4 aliphatic rings. The summed E-state index contributed by atoms with van der Waals surface area (Å²) < 4.78 is 4.87. The highest BCUT2D eigenvalue weighted by molar-refractivity contribution is 8.01. The predicted molar refractivity (Wildman–Crippen MR) is 193 cm³/mol. The van der Waals surface area contributed by atoms with Crippen molar-refractivity contribution in [3.8, 4) is 0 Å². The molecule has 6 heteroatoms. The van der Waals surface area contributed by atoms with Crippen LogP contribution in [-0.2, 0) is 0 Å². The number of aromatic nitrogens is 4. The monoisotopic (exact) mass is 626 g/mol. The molecule has 11 rings (SSSR count). The van der Waals surface area contributed by atoms with Gasteiger partial charge < -0.3 is 4.57 Å². The van der Waals surface area contributed by atoms with Gasteiger partial charge in [0, 0.05) is 50.0 Å². The van der Waals surface area contributed by atoms with Gasteiger partial charge in [0.15, 0.2) is 0 Å². The Labute approximate surface area is 273 Å². The molecule has 0 radical (unpaired) electrons. The van der Waals surface area contributed by atoms with Crippen LogP contribution in [-0.4, -0.2) is 29.6 Å². The molecule has 0 saturated carbocycles. The third kappa shape index (κ3) is 3.33. The van der Waals surface area contributed by atoms with Gasteiger partial charge in [-0.05, 0) is 59.7 Å². The van der Waals surface area contributed by atoms with Crippen LogP contribution in [0.15, 0.2) is 143 Å². The van der Waals surface area contributed by atoms with Gasteiger partial charge in [-0.15, -0.1) is 23.5 Å². The first-order valence-corrected chi connectivity index (χ1v) is 17.6. The van der Waals surface area contributed by atoms with Gasteiger partial charge in [0.2, 0.25) is 0 Å². The van der Waals surface area contributed by atoms with Crippen molar-refractivity contribution < 1.29 is 0 Å². The van der Waals surface area contributed by atoms with Crippen molar-refractivity contribution in [2.75, 3.05) is 0 Å². The predicted octanol–water partition coefficient (Wildman–Crippen LogP) is 10.0. The molecule has 4 atom stereocenters. The minimum Gasteiger partial charge on any atom is -0.310 e. The molecule has 3 aromatic carbocycles. The molecule has 7 aromatic rings. The molecule has 0 saturated heterocycles. The zero-order chi connectivity index (χ0) is 29.9. The molecule has 218 valence electrons. The lowest BCUT2D eigenvalue weighted by atomic mass is 9.90. The van der Waals surface area contributed by atoms with Crippen LogP contribution < -0.4 is 0 Å². The second-order valence-electron chi connectivity index (χ2n) is 12.4. The first kappa shape index (κ1) is 25.4. The Morgan fingerprint density at radius 2 is 1.20 bits per heavy atom. The molecule has 4 nitrogen and oxygen atoms in total. The molecule has 0 N–H and O–H groups in total. The largest absolute Gasteiger partial charge is 0.310 e. The molecular weight excluding hydrogens is 601 g/mol. The number of thioether (sulfide) groups is 2. The Kier molecular flexibility index (Phi) is 5.18. The number of hydrogen-bond donors (Lipinski definition) is 0. The van der Waals surface area contributed by atoms with Gasteiger partial charge in [0.25, 0.3) is 0 Å². The van der Waals surface area contributed by atoms with Gasteiger partial charge in [-0.1, -0.05) is 78.9 Å². The summed E-state index contributed by atoms with van der Waals surface area (Å²) in [5.74, 6) is 0.688. The van der Waals surface area contributed by atoms with Crippen molar-refractivity contribution in [1.29, 1.82) is 0 Å². The van der Waals surface area contributed by atoms with E-state index in [1.165, 1.54) is 43.2 Å². The van der Waals surface area contributed by atoms with Gasteiger partial charge >= 0.3 is 0 Å². The topological polar surface area (TPSA) is 35.6 Å². The Bertz CT molecular complexity index is 2400. The Balaban J connectivity index is 1.17. The molecule has 4 unspecified atom stereocenters. The minimum atomic E-state index is 0.275. The number of pyridine rings is 2. The molecule has 4 aromatic heterocycles. The lowest BCUT2D eigenvalue weighted by Gasteiger charge is -2.25. The molecule has 2 aliphatic carbocycles. The quantitative estimate of drug-likeness (QED) is 0.191. The third-order valence-electron chi connectivity index (χ3n) is 10.1. The zero-order valence-electron chi connectivity index (χ0n) is 24.6. The fourth-order valence-electron chi connectivity index (χ4n) is 8.16. The van der Waals surface area contributed by atoms with Gasteiger partial charge in [-0.25, -0.2) is 4.98 Å². The van der Waals surface area contributed by atoms with E-state index < -0.39 is 0 Å². The summed E-state index contributed by atoms with van der Waals surface area (Å²) in [5.41, 5.74) is 11.8. The van der Waals surface area contributed by atoms with E-state index in [0.717, 1.165) is 33.1 Å². The summed E-state index contributed by atoms with van der Waals surface area (Å²) >= 11 is 3.95. The molecule has 0 spiro atoms. The highest BCUT2D eigenvalue weighted by atomic mass is 32.2. The van der Waals surface area contributed by atoms with Crippen molar-refractivity contribution in [2.45, 2.75) is 32.1 Å². The summed E-state index contributed by atoms with van der Waals surface area (Å²) in [6.07, 6.45) is 15.7. The molecule has 6 heterocycles. The average Bonchev–Trinajstić information content (AvgIpc) is 3.85. The SMILES string of the molecule is C1=CC2c3ccccc3SC2C(n2c3ccccc3c3nc4c(cc32)c2ncccc2n4C2=CC=CC3c4ccccc4SC23)=C1. The van der Waals surface area contributed by atoms with E-state index in [1.807, 2.05) is 29.7 Å². The lowest BCUT2D eigenvalue weighted by Crippen LogP contribution is -2.18. The Morgan fingerprint density at radius 1 is 0.565 bits per heavy atom. The Hall–Kier alpha value is -4.78. The highest BCUT2D eigenvalue weighted by Gasteiger charge is 2.39. The van der Waals surface area contributed by atoms with E-state index in [0.29, 0.717) is 17.1 Å². The first-order chi connectivity index (χ1) is 22.8. The summed E-state index contributed by atoms with van der Waals surface area (Å²) in [4.78, 5) is 13.3. The van der Waals surface area contributed by atoms with E-state index in [2.05, 4.69) is 137 Å². The summed E-state index contributed by atoms with van der Waals surface area (Å²) in [6, 6.07) is 33.1. The van der Waals surface area contributed by atoms with Crippen molar-refractivity contribution in [1.82, 2.24) is 19.1 Å². The van der Waals surface area contributed by atoms with Crippen LogP contribution in [0, 0.1) is 0 Å². The number of rotatable bonds is 2. The highest BCUT2D eigenvalue weighted by Crippen LogP contribution is 2.54. The van der Waals surface area contributed by atoms with Crippen LogP contribution in [0.3, 0.4) is 0 Å². The fraction of sp³-hybridized carbons (Fsp3) is 0.100. The molecular formula is C40H26N4S2. The van der Waals surface area contributed by atoms with Gasteiger partial charge in [0.05, 0.1) is 38.1 Å². The number of allylic oxidation sites excluding steroid dienone is 6. The average molecular weight is 627 g/mol. The van der Waals surface area contributed by atoms with Crippen LogP contribution in [0.4, 0.5) is 0 Å². The number of para-hydroxylation sites is 1. The maximum atomic E-state index is 5.60. The van der Waals surface area contributed by atoms with Crippen LogP contribution in [0.2, 0.25) is 0 Å². The molecule has 0 fully saturated rings. The zero-order valence-corrected chi connectivity index (χ0v) is 26.2. The van der Waals surface area contributed by atoms with Gasteiger partial charge in [-0.3, -0.25) is 9.55 Å². The van der Waals surface area contributed by atoms with Crippen molar-refractivity contribution in [2.24, 2.45) is 0 Å². The normalized spacial score (nSPS) is 22.7. The van der Waals surface area contributed by atoms with E-state index in [1.54, 1.807) is 0 Å². The van der Waals surface area contributed by atoms with Gasteiger partial charge in [0.1, 0.15) is 5.65 Å². The summed E-state index contributed by atoms with van der Waals surface area (Å²) in [6.45, 7) is 0. The van der Waals surface area contributed by atoms with E-state index in [-0.39, 0.29) is 5.25 Å². The van der Waals surface area contributed by atoms with Crippen molar-refractivity contribution in [3.63, 3.8) is 0 Å². The van der Waals surface area contributed by atoms with Crippen LogP contribution in [0.25, 0.3) is 55.4 Å². The Morgan fingerprint density at radius 3 is 1.93 bits per heavy atom. The number of fused-ring (bicyclic) bond motifs is 12. The van der Waals surface area contributed by atoms with E-state index in [9.17, 15) is 0 Å². The fourth-order valence-corrected chi connectivity index (χ4v) is 11.1. The smallest absolute Gasteiger partial charge is 0.147 e. The first-order valence-electron chi connectivity index (χ1n) is 15.8. The summed E-state index contributed by atoms with van der Waals surface area (Å²) in [7, 11) is 0. The van der Waals surface area contributed by atoms with E-state index >= 15 is 0 Å². The molecule has 46 heavy (non-hydrogen) atoms. The maximum absolute atomic E-state index is 5.60. The van der Waals surface area contributed by atoms with Crippen molar-refractivity contribution >= 4 is 78.9 Å². The van der Waals surface area contributed by atoms with Crippen LogP contribution in [0.1, 0.15) is 23.0 Å². The second-order valence-corrected chi connectivity index (χ2v) is 14.8. The second kappa shape index (κ2) is 9.38. The summed E-state index contributed by atoms with van der Waals surface area (Å²) in [5, 5.41) is 2.84. The maximum Gasteiger partial charge on any atom is 0.147 e. The lowest BCUT2D eigenvalue weighted by molar-refractivity contribution is 0.861. The van der Waals surface area contributed by atoms with E-state index in [4.69, 9.17) is 9.97 Å². The molecule has 0 bridgehead atoms. The van der Waals surface area contributed by atoms with Gasteiger partial charge in [-0.2, -0.15) is 0 Å². The standard InChI is InChI=1S/C40H26N4S2/c1-4-15-29-27(12-1)37-33(43(29)31-16-7-13-25-23-10-2-5-19-34(23)45-38(25)31)22-28-36-30(18-9-21-41-36)44(40(28)42-37)32-17-8-14-26-24-11-3-6-20-35(24)46-39(26)32/h1-22,25-26,38-39H. The van der Waals surface area contributed by atoms with Crippen LogP contribution >= 0.6 is 23.5 Å². The number of benzene rings is 3. The number of nitrogens with zero attached hydrogens (tertiary/aromatic N) is 4. The third-order valence-corrected chi connectivity index (χ3v) is 12.9. The van der Waals surface area contributed by atoms with Crippen molar-refractivity contribution in [3.05, 3.63) is 145 Å². The molecule has 0 amide bonds. The minimum absolute atomic E-state index is 0.275.